The van der Waals surface area contributed by atoms with Gasteiger partial charge in [0, 0.05) is 15.5 Å². The van der Waals surface area contributed by atoms with Gasteiger partial charge in [0.25, 0.3) is 5.56 Å². The first-order valence-electron chi connectivity index (χ1n) is 10.7. The molecule has 3 aromatic carbocycles. The van der Waals surface area contributed by atoms with Crippen LogP contribution in [0.1, 0.15) is 37.7 Å². The Bertz CT molecular complexity index is 1490. The lowest BCUT2D eigenvalue weighted by atomic mass is 9.95. The highest BCUT2D eigenvalue weighted by molar-refractivity contribution is 9.10. The molecule has 180 valence electrons. The predicted octanol–water partition coefficient (Wildman–Crippen LogP) is 7.36. The molecule has 0 aliphatic heterocycles. The lowest BCUT2D eigenvalue weighted by Crippen LogP contribution is -2.29. The summed E-state index contributed by atoms with van der Waals surface area (Å²) < 4.78 is 21.6. The normalized spacial score (nSPS) is 12.0. The number of hydrogen-bond donors (Lipinski definition) is 0. The van der Waals surface area contributed by atoms with E-state index >= 15 is 0 Å². The number of rotatable bonds is 5. The second kappa shape index (κ2) is 10.1. The van der Waals surface area contributed by atoms with E-state index in [0.29, 0.717) is 27.9 Å². The summed E-state index contributed by atoms with van der Waals surface area (Å²) in [6, 6.07) is 14.9. The van der Waals surface area contributed by atoms with Gasteiger partial charge in [0.15, 0.2) is 5.75 Å². The van der Waals surface area contributed by atoms with Gasteiger partial charge in [-0.25, -0.2) is 9.37 Å². The first kappa shape index (κ1) is 25.4. The molecule has 0 N–H and O–H groups in total. The molecule has 4 aromatic rings. The zero-order chi connectivity index (χ0) is 25.3. The van der Waals surface area contributed by atoms with Crippen LogP contribution in [0.3, 0.4) is 0 Å². The summed E-state index contributed by atoms with van der Waals surface area (Å²) in [6.45, 7) is 5.85. The number of fused-ring (bicyclic) bond motifs is 1. The van der Waals surface area contributed by atoms with Gasteiger partial charge in [-0.1, -0.05) is 78.1 Å². The summed E-state index contributed by atoms with van der Waals surface area (Å²) in [5.74, 6) is 0.369. The molecule has 0 fully saturated rings. The Morgan fingerprint density at radius 1 is 1.11 bits per heavy atom. The van der Waals surface area contributed by atoms with E-state index in [-0.39, 0.29) is 33.8 Å². The van der Waals surface area contributed by atoms with Crippen LogP contribution in [-0.2, 0) is 12.0 Å². The second-order valence-corrected chi connectivity index (χ2v) is 10.6. The van der Waals surface area contributed by atoms with E-state index in [0.717, 1.165) is 4.47 Å². The molecular weight excluding hydrogens is 556 g/mol. The molecule has 4 rings (SSSR count). The molecule has 1 heterocycles. The minimum atomic E-state index is -0.447. The topological polar surface area (TPSA) is 56.5 Å². The third-order valence-corrected chi connectivity index (χ3v) is 6.21. The van der Waals surface area contributed by atoms with Crippen molar-refractivity contribution in [2.45, 2.75) is 32.8 Å². The van der Waals surface area contributed by atoms with Gasteiger partial charge in [0.2, 0.25) is 0 Å². The van der Waals surface area contributed by atoms with Crippen LogP contribution in [0, 0.1) is 5.82 Å². The van der Waals surface area contributed by atoms with Gasteiger partial charge in [0.1, 0.15) is 18.2 Å². The van der Waals surface area contributed by atoms with Gasteiger partial charge >= 0.3 is 0 Å². The van der Waals surface area contributed by atoms with Crippen molar-refractivity contribution >= 4 is 56.2 Å². The average Bonchev–Trinajstić information content (AvgIpc) is 2.78. The summed E-state index contributed by atoms with van der Waals surface area (Å²) in [6.07, 6.45) is 1.49. The highest BCUT2D eigenvalue weighted by Crippen LogP contribution is 2.34. The third kappa shape index (κ3) is 5.58. The fraction of sp³-hybridized carbons (Fsp3) is 0.192. The molecule has 35 heavy (non-hydrogen) atoms. The van der Waals surface area contributed by atoms with Crippen molar-refractivity contribution in [1.82, 2.24) is 9.66 Å². The Labute approximate surface area is 220 Å². The number of halogens is 4. The van der Waals surface area contributed by atoms with Crippen molar-refractivity contribution in [3.63, 3.8) is 0 Å². The van der Waals surface area contributed by atoms with Gasteiger partial charge < -0.3 is 4.74 Å². The molecule has 0 atom stereocenters. The van der Waals surface area contributed by atoms with E-state index in [2.05, 4.69) is 21.0 Å². The van der Waals surface area contributed by atoms with Crippen LogP contribution in [-0.4, -0.2) is 15.9 Å². The Kier molecular flexibility index (Phi) is 7.31. The summed E-state index contributed by atoms with van der Waals surface area (Å²) in [7, 11) is 0. The Morgan fingerprint density at radius 2 is 1.80 bits per heavy atom. The van der Waals surface area contributed by atoms with Gasteiger partial charge in [-0.2, -0.15) is 9.78 Å². The summed E-state index contributed by atoms with van der Waals surface area (Å²) in [5, 5.41) is 5.35. The van der Waals surface area contributed by atoms with Crippen molar-refractivity contribution in [3.05, 3.63) is 102 Å². The van der Waals surface area contributed by atoms with Gasteiger partial charge in [-0.3, -0.25) is 4.79 Å². The van der Waals surface area contributed by atoms with Crippen molar-refractivity contribution in [2.75, 3.05) is 0 Å². The first-order chi connectivity index (χ1) is 16.5. The van der Waals surface area contributed by atoms with Crippen molar-refractivity contribution in [1.29, 1.82) is 0 Å². The largest absolute Gasteiger partial charge is 0.486 e. The fourth-order valence-electron chi connectivity index (χ4n) is 3.42. The highest BCUT2D eigenvalue weighted by Gasteiger charge is 2.23. The summed E-state index contributed by atoms with van der Waals surface area (Å²) in [4.78, 5) is 18.0. The number of aromatic nitrogens is 2. The number of benzene rings is 3. The van der Waals surface area contributed by atoms with Gasteiger partial charge in [-0.15, -0.1) is 0 Å². The number of ether oxygens (including phenoxy) is 1. The van der Waals surface area contributed by atoms with Crippen LogP contribution in [0.2, 0.25) is 10.0 Å². The van der Waals surface area contributed by atoms with E-state index in [9.17, 15) is 9.18 Å². The zero-order valence-corrected chi connectivity index (χ0v) is 22.2. The number of hydrogen-bond acceptors (Lipinski definition) is 4. The Hall–Kier alpha value is -2.74. The molecule has 0 saturated carbocycles. The predicted molar refractivity (Wildman–Crippen MR) is 143 cm³/mol. The molecule has 0 amide bonds. The van der Waals surface area contributed by atoms with E-state index in [1.54, 1.807) is 42.5 Å². The highest BCUT2D eigenvalue weighted by atomic mass is 79.9. The maximum atomic E-state index is 13.9. The average molecular weight is 577 g/mol. The molecule has 0 aliphatic carbocycles. The van der Waals surface area contributed by atoms with Crippen LogP contribution in [0.4, 0.5) is 4.39 Å². The summed E-state index contributed by atoms with van der Waals surface area (Å²) >= 11 is 16.2. The molecule has 0 radical (unpaired) electrons. The Balaban J connectivity index is 1.69. The SMILES string of the molecule is CC(C)(C)c1nc2ccc(Br)cc2c(=O)n1N=Cc1cc(Cl)c(OCc2ccccc2F)c(Cl)c1. The lowest BCUT2D eigenvalue weighted by Gasteiger charge is -2.20. The quantitative estimate of drug-likeness (QED) is 0.233. The molecule has 1 aromatic heterocycles. The monoisotopic (exact) mass is 575 g/mol. The van der Waals surface area contributed by atoms with Gasteiger partial charge in [-0.05, 0) is 42.0 Å². The summed E-state index contributed by atoms with van der Waals surface area (Å²) in [5.41, 5.74) is 0.794. The van der Waals surface area contributed by atoms with Crippen LogP contribution in [0.5, 0.6) is 5.75 Å². The maximum Gasteiger partial charge on any atom is 0.282 e. The van der Waals surface area contributed by atoms with E-state index in [1.165, 1.54) is 17.0 Å². The van der Waals surface area contributed by atoms with E-state index in [4.69, 9.17) is 32.9 Å². The van der Waals surface area contributed by atoms with Crippen molar-refractivity contribution < 1.29 is 9.13 Å². The molecule has 0 aliphatic rings. The fourth-order valence-corrected chi connectivity index (χ4v) is 4.40. The van der Waals surface area contributed by atoms with E-state index in [1.807, 2.05) is 26.8 Å². The molecule has 0 saturated heterocycles. The van der Waals surface area contributed by atoms with E-state index < -0.39 is 5.41 Å². The molecular formula is C26H21BrCl2FN3O2. The van der Waals surface area contributed by atoms with Crippen LogP contribution in [0.25, 0.3) is 10.9 Å². The molecule has 0 bridgehead atoms. The maximum absolute atomic E-state index is 13.9. The standard InChI is InChI=1S/C26H21BrCl2FN3O2/c1-26(2,3)25-32-22-9-8-17(27)12-18(22)24(34)33(25)31-13-15-10-19(28)23(20(29)11-15)35-14-16-6-4-5-7-21(16)30/h4-13H,14H2,1-3H3. The number of nitrogens with zero attached hydrogens (tertiary/aromatic N) is 3. The minimum Gasteiger partial charge on any atom is -0.486 e. The molecule has 0 unspecified atom stereocenters. The Morgan fingerprint density at radius 3 is 2.46 bits per heavy atom. The first-order valence-corrected chi connectivity index (χ1v) is 12.2. The molecule has 0 spiro atoms. The second-order valence-electron chi connectivity index (χ2n) is 8.90. The van der Waals surface area contributed by atoms with Crippen LogP contribution < -0.4 is 10.3 Å². The minimum absolute atomic E-state index is 0.0256. The zero-order valence-electron chi connectivity index (χ0n) is 19.2. The lowest BCUT2D eigenvalue weighted by molar-refractivity contribution is 0.300. The smallest absolute Gasteiger partial charge is 0.282 e. The van der Waals surface area contributed by atoms with Crippen LogP contribution >= 0.6 is 39.1 Å². The molecule has 9 heteroatoms. The molecule has 5 nitrogen and oxygen atoms in total. The van der Waals surface area contributed by atoms with Crippen molar-refractivity contribution in [3.8, 4) is 5.75 Å². The van der Waals surface area contributed by atoms with Crippen molar-refractivity contribution in [2.24, 2.45) is 5.10 Å². The van der Waals surface area contributed by atoms with Crippen LogP contribution in [0.15, 0.2) is 69.0 Å². The third-order valence-electron chi connectivity index (χ3n) is 5.15. The van der Waals surface area contributed by atoms with Gasteiger partial charge in [0.05, 0.1) is 27.2 Å².